The van der Waals surface area contributed by atoms with Gasteiger partial charge in [-0.2, -0.15) is 0 Å². The van der Waals surface area contributed by atoms with Crippen molar-refractivity contribution < 1.29 is 8.42 Å². The van der Waals surface area contributed by atoms with Crippen molar-refractivity contribution in [2.75, 3.05) is 20.6 Å². The van der Waals surface area contributed by atoms with Gasteiger partial charge < -0.3 is 5.32 Å². The third-order valence-corrected chi connectivity index (χ3v) is 6.28. The molecule has 1 aromatic carbocycles. The number of nitrogens with zero attached hydrogens (tertiary/aromatic N) is 1. The molecule has 0 saturated heterocycles. The molecular weight excluding hydrogens is 304 g/mol. The van der Waals surface area contributed by atoms with Gasteiger partial charge in [0.15, 0.2) is 0 Å². The molecule has 4 nitrogen and oxygen atoms in total. The van der Waals surface area contributed by atoms with E-state index < -0.39 is 10.0 Å². The number of hydrogen-bond donors (Lipinski definition) is 1. The lowest BCUT2D eigenvalue weighted by molar-refractivity contribution is 0.472. The molecule has 0 saturated carbocycles. The van der Waals surface area contributed by atoms with Crippen molar-refractivity contribution in [1.29, 1.82) is 0 Å². The Kier molecular flexibility index (Phi) is 5.52. The zero-order chi connectivity index (χ0) is 15.3. The Morgan fingerprint density at radius 1 is 1.19 bits per heavy atom. The van der Waals surface area contributed by atoms with Crippen LogP contribution in [-0.4, -0.2) is 33.4 Å². The molecular formula is C15H20N2O2S2. The average molecular weight is 324 g/mol. The predicted molar refractivity (Wildman–Crippen MR) is 87.0 cm³/mol. The van der Waals surface area contributed by atoms with Crippen LogP contribution in [-0.2, 0) is 23.0 Å². The summed E-state index contributed by atoms with van der Waals surface area (Å²) < 4.78 is 26.7. The highest BCUT2D eigenvalue weighted by atomic mass is 32.2. The summed E-state index contributed by atoms with van der Waals surface area (Å²) in [6.45, 7) is 1.04. The molecule has 21 heavy (non-hydrogen) atoms. The molecule has 0 fully saturated rings. The molecule has 6 heteroatoms. The first-order valence-electron chi connectivity index (χ1n) is 6.77. The number of thiophene rings is 1. The van der Waals surface area contributed by atoms with Gasteiger partial charge in [-0.05, 0) is 30.5 Å². The van der Waals surface area contributed by atoms with Crippen LogP contribution in [0.4, 0.5) is 0 Å². The molecule has 0 bridgehead atoms. The van der Waals surface area contributed by atoms with E-state index in [-0.39, 0.29) is 0 Å². The fraction of sp³-hybridized carbons (Fsp3) is 0.333. The Balaban J connectivity index is 2.09. The molecule has 1 aromatic heterocycles. The summed E-state index contributed by atoms with van der Waals surface area (Å²) in [5.41, 5.74) is 1.14. The van der Waals surface area contributed by atoms with E-state index in [9.17, 15) is 8.42 Å². The van der Waals surface area contributed by atoms with Gasteiger partial charge in [0.2, 0.25) is 10.0 Å². The number of rotatable bonds is 7. The molecule has 1 heterocycles. The maximum Gasteiger partial charge on any atom is 0.243 e. The highest BCUT2D eigenvalue weighted by Crippen LogP contribution is 2.24. The summed E-state index contributed by atoms with van der Waals surface area (Å²) in [7, 11) is 0.0378. The molecule has 0 aliphatic rings. The van der Waals surface area contributed by atoms with Crippen LogP contribution in [0.5, 0.6) is 0 Å². The van der Waals surface area contributed by atoms with Crippen LogP contribution in [0.15, 0.2) is 46.7 Å². The van der Waals surface area contributed by atoms with Crippen molar-refractivity contribution in [1.82, 2.24) is 9.62 Å². The van der Waals surface area contributed by atoms with E-state index in [1.54, 1.807) is 13.1 Å². The van der Waals surface area contributed by atoms with Gasteiger partial charge in [-0.1, -0.05) is 30.3 Å². The third kappa shape index (κ3) is 3.91. The average Bonchev–Trinajstić information content (AvgIpc) is 2.95. The first-order chi connectivity index (χ1) is 10.1. The van der Waals surface area contributed by atoms with Gasteiger partial charge in [0.05, 0.1) is 4.90 Å². The molecule has 114 valence electrons. The van der Waals surface area contributed by atoms with Gasteiger partial charge in [0.1, 0.15) is 0 Å². The van der Waals surface area contributed by atoms with Crippen LogP contribution >= 0.6 is 11.3 Å². The molecule has 2 rings (SSSR count). The maximum absolute atomic E-state index is 12.6. The highest BCUT2D eigenvalue weighted by Gasteiger charge is 2.24. The van der Waals surface area contributed by atoms with Gasteiger partial charge in [-0.3, -0.25) is 0 Å². The van der Waals surface area contributed by atoms with E-state index in [1.807, 2.05) is 42.8 Å². The zero-order valence-corrected chi connectivity index (χ0v) is 13.9. The fourth-order valence-electron chi connectivity index (χ4n) is 2.07. The van der Waals surface area contributed by atoms with E-state index in [2.05, 4.69) is 5.32 Å². The Bertz CT molecular complexity index is 666. The Morgan fingerprint density at radius 3 is 2.57 bits per heavy atom. The lowest BCUT2D eigenvalue weighted by atomic mass is 10.2. The van der Waals surface area contributed by atoms with Gasteiger partial charge in [0.25, 0.3) is 0 Å². The number of likely N-dealkylation sites (N-methyl/N-ethyl adjacent to an activating group) is 1. The van der Waals surface area contributed by atoms with Crippen molar-refractivity contribution in [3.63, 3.8) is 0 Å². The van der Waals surface area contributed by atoms with E-state index in [0.29, 0.717) is 24.4 Å². The SMILES string of the molecule is CNCc1sccc1S(=O)(=O)N(C)CCc1ccccc1. The van der Waals surface area contributed by atoms with Crippen LogP contribution < -0.4 is 5.32 Å². The number of sulfonamides is 1. The second-order valence-electron chi connectivity index (χ2n) is 4.80. The standard InChI is InChI=1S/C15H20N2O2S2/c1-16-12-14-15(9-11-20-14)21(18,19)17(2)10-8-13-6-4-3-5-7-13/h3-7,9,11,16H,8,10,12H2,1-2H3. The quantitative estimate of drug-likeness (QED) is 0.850. The van der Waals surface area contributed by atoms with E-state index in [1.165, 1.54) is 15.6 Å². The van der Waals surface area contributed by atoms with E-state index in [4.69, 9.17) is 0 Å². The lowest BCUT2D eigenvalue weighted by Crippen LogP contribution is -2.29. The molecule has 0 atom stereocenters. The summed E-state index contributed by atoms with van der Waals surface area (Å²) >= 11 is 1.46. The van der Waals surface area contributed by atoms with Gasteiger partial charge in [-0.25, -0.2) is 12.7 Å². The summed E-state index contributed by atoms with van der Waals surface area (Å²) in [4.78, 5) is 1.27. The number of hydrogen-bond acceptors (Lipinski definition) is 4. The minimum absolute atomic E-state index is 0.414. The monoisotopic (exact) mass is 324 g/mol. The Labute approximate surface area is 130 Å². The molecule has 0 unspecified atom stereocenters. The fourth-order valence-corrected chi connectivity index (χ4v) is 4.66. The highest BCUT2D eigenvalue weighted by molar-refractivity contribution is 7.89. The van der Waals surface area contributed by atoms with Crippen LogP contribution in [0.25, 0.3) is 0 Å². The topological polar surface area (TPSA) is 49.4 Å². The largest absolute Gasteiger partial charge is 0.315 e. The van der Waals surface area contributed by atoms with Crippen LogP contribution in [0, 0.1) is 0 Å². The van der Waals surface area contributed by atoms with E-state index >= 15 is 0 Å². The lowest BCUT2D eigenvalue weighted by Gasteiger charge is -2.17. The van der Waals surface area contributed by atoms with Crippen LogP contribution in [0.3, 0.4) is 0 Å². The van der Waals surface area contributed by atoms with Gasteiger partial charge >= 0.3 is 0 Å². The molecule has 0 amide bonds. The van der Waals surface area contributed by atoms with Crippen molar-refractivity contribution in [2.45, 2.75) is 17.9 Å². The molecule has 0 aliphatic heterocycles. The molecule has 0 aliphatic carbocycles. The second kappa shape index (κ2) is 7.17. The Morgan fingerprint density at radius 2 is 1.90 bits per heavy atom. The predicted octanol–water partition coefficient (Wildman–Crippen LogP) is 2.33. The third-order valence-electron chi connectivity index (χ3n) is 3.29. The van der Waals surface area contributed by atoms with E-state index in [0.717, 1.165) is 10.4 Å². The number of benzene rings is 1. The summed E-state index contributed by atoms with van der Waals surface area (Å²) in [6, 6.07) is 11.6. The van der Waals surface area contributed by atoms with Crippen molar-refractivity contribution in [3.8, 4) is 0 Å². The van der Waals surface area contributed by atoms with Crippen molar-refractivity contribution in [2.24, 2.45) is 0 Å². The van der Waals surface area contributed by atoms with Crippen molar-refractivity contribution in [3.05, 3.63) is 52.2 Å². The van der Waals surface area contributed by atoms with Gasteiger partial charge in [0, 0.05) is 25.0 Å². The van der Waals surface area contributed by atoms with Crippen LogP contribution in [0.2, 0.25) is 0 Å². The zero-order valence-electron chi connectivity index (χ0n) is 12.2. The van der Waals surface area contributed by atoms with Crippen LogP contribution in [0.1, 0.15) is 10.4 Å². The molecule has 1 N–H and O–H groups in total. The maximum atomic E-state index is 12.6. The molecule has 0 spiro atoms. The first kappa shape index (κ1) is 16.2. The minimum atomic E-state index is -3.41. The normalized spacial score (nSPS) is 12.0. The van der Waals surface area contributed by atoms with Gasteiger partial charge in [-0.15, -0.1) is 11.3 Å². The summed E-state index contributed by atoms with van der Waals surface area (Å²) in [5.74, 6) is 0. The summed E-state index contributed by atoms with van der Waals surface area (Å²) in [5, 5.41) is 4.83. The Hall–Kier alpha value is -1.21. The smallest absolute Gasteiger partial charge is 0.243 e. The molecule has 2 aromatic rings. The minimum Gasteiger partial charge on any atom is -0.315 e. The first-order valence-corrected chi connectivity index (χ1v) is 9.09. The second-order valence-corrected chi connectivity index (χ2v) is 7.81. The summed E-state index contributed by atoms with van der Waals surface area (Å²) in [6.07, 6.45) is 0.710. The number of nitrogens with one attached hydrogen (secondary N) is 1. The molecule has 0 radical (unpaired) electrons. The van der Waals surface area contributed by atoms with Crippen molar-refractivity contribution >= 4 is 21.4 Å².